The van der Waals surface area contributed by atoms with Crippen molar-refractivity contribution in [1.82, 2.24) is 15.0 Å². The number of hydrogen-bond donors (Lipinski definition) is 3. The molecule has 4 aromatic carbocycles. The first-order valence-corrected chi connectivity index (χ1v) is 22.8. The fourth-order valence-electron chi connectivity index (χ4n) is 8.79. The van der Waals surface area contributed by atoms with Crippen LogP contribution in [0.2, 0.25) is 18.6 Å². The van der Waals surface area contributed by atoms with E-state index in [1.807, 2.05) is 89.7 Å². The predicted octanol–water partition coefficient (Wildman–Crippen LogP) is 6.35. The van der Waals surface area contributed by atoms with Gasteiger partial charge in [0.1, 0.15) is 11.9 Å². The summed E-state index contributed by atoms with van der Waals surface area (Å²) in [5.41, 5.74) is 3.38. The molecule has 1 spiro atoms. The number of methoxy groups -OCH3 is 1. The largest absolute Gasteiger partial charge is 0.497 e. The average Bonchev–Trinajstić information content (AvgIpc) is 3.85. The molecule has 1 saturated heterocycles. The molecule has 1 unspecified atom stereocenters. The minimum atomic E-state index is -2.40. The highest BCUT2D eigenvalue weighted by molar-refractivity contribution is 9.10. The van der Waals surface area contributed by atoms with E-state index in [4.69, 9.17) is 9.47 Å². The van der Waals surface area contributed by atoms with Crippen LogP contribution in [0, 0.1) is 5.92 Å². The van der Waals surface area contributed by atoms with Crippen LogP contribution in [0.3, 0.4) is 0 Å². The smallest absolute Gasteiger partial charge is 0.264 e. The molecular formula is C43H48BrN5O6Si. The highest BCUT2D eigenvalue weighted by Crippen LogP contribution is 2.60. The highest BCUT2D eigenvalue weighted by atomic mass is 79.9. The normalized spacial score (nSPS) is 21.6. The van der Waals surface area contributed by atoms with Gasteiger partial charge >= 0.3 is 0 Å². The first-order chi connectivity index (χ1) is 26.9. The Hall–Kier alpha value is -4.66. The van der Waals surface area contributed by atoms with Crippen molar-refractivity contribution in [1.29, 1.82) is 0 Å². The first kappa shape index (κ1) is 39.6. The van der Waals surface area contributed by atoms with Crippen molar-refractivity contribution in [3.05, 3.63) is 130 Å². The summed E-state index contributed by atoms with van der Waals surface area (Å²) >= 11 is 3.70. The van der Waals surface area contributed by atoms with E-state index in [-0.39, 0.29) is 42.5 Å². The molecule has 11 nitrogen and oxygen atoms in total. The number of aryl methyl sites for hydroxylation is 1. The average molecular weight is 839 g/mol. The lowest BCUT2D eigenvalue weighted by Gasteiger charge is -2.37. The third-order valence-corrected chi connectivity index (χ3v) is 16.5. The zero-order valence-electron chi connectivity index (χ0n) is 32.2. The summed E-state index contributed by atoms with van der Waals surface area (Å²) in [7, 11) is -0.734. The summed E-state index contributed by atoms with van der Waals surface area (Å²) in [4.78, 5) is 29.3. The van der Waals surface area contributed by atoms with Gasteiger partial charge in [0, 0.05) is 34.4 Å². The molecule has 56 heavy (non-hydrogen) atoms. The second-order valence-electron chi connectivity index (χ2n) is 15.4. The van der Waals surface area contributed by atoms with Crippen LogP contribution < -0.4 is 20.1 Å². The molecule has 2 aliphatic rings. The topological polar surface area (TPSA) is 139 Å². The van der Waals surface area contributed by atoms with E-state index in [1.54, 1.807) is 18.1 Å². The Morgan fingerprint density at radius 3 is 2.50 bits per heavy atom. The van der Waals surface area contributed by atoms with Crippen LogP contribution in [0.1, 0.15) is 48.6 Å². The maximum Gasteiger partial charge on any atom is 0.264 e. The monoisotopic (exact) mass is 837 g/mol. The van der Waals surface area contributed by atoms with E-state index in [0.717, 1.165) is 32.6 Å². The molecule has 0 aliphatic carbocycles. The van der Waals surface area contributed by atoms with E-state index in [2.05, 4.69) is 63.7 Å². The number of aliphatic hydroxyl groups excluding tert-OH is 2. The van der Waals surface area contributed by atoms with Crippen LogP contribution in [-0.2, 0) is 33.0 Å². The molecule has 2 amide bonds. The summed E-state index contributed by atoms with van der Waals surface area (Å²) < 4.78 is 15.5. The number of benzene rings is 4. The van der Waals surface area contributed by atoms with E-state index in [1.165, 1.54) is 12.1 Å². The fourth-order valence-corrected chi connectivity index (χ4v) is 13.2. The molecule has 292 valence electrons. The van der Waals surface area contributed by atoms with Gasteiger partial charge in [0.15, 0.2) is 5.60 Å². The van der Waals surface area contributed by atoms with Crippen molar-refractivity contribution < 1.29 is 29.3 Å². The number of halogens is 1. The number of nitrogens with one attached hydrogen (secondary N) is 1. The van der Waals surface area contributed by atoms with Gasteiger partial charge in [-0.1, -0.05) is 101 Å². The summed E-state index contributed by atoms with van der Waals surface area (Å²) in [6, 6.07) is 31.4. The van der Waals surface area contributed by atoms with E-state index in [0.29, 0.717) is 24.3 Å². The molecule has 7 rings (SSSR count). The van der Waals surface area contributed by atoms with Crippen LogP contribution in [0.25, 0.3) is 0 Å². The number of aromatic nitrogens is 3. The number of aliphatic hydroxyl groups is 2. The van der Waals surface area contributed by atoms with E-state index in [9.17, 15) is 15.0 Å². The van der Waals surface area contributed by atoms with Gasteiger partial charge in [-0.05, 0) is 72.5 Å². The number of hydrogen-bond acceptors (Lipinski definition) is 8. The molecule has 1 aromatic heterocycles. The Balaban J connectivity index is 1.24. The molecule has 5 aromatic rings. The first-order valence-electron chi connectivity index (χ1n) is 19.0. The van der Waals surface area contributed by atoms with Gasteiger partial charge in [0.2, 0.25) is 0 Å². The number of carbonyl (C=O) groups is 2. The van der Waals surface area contributed by atoms with E-state index >= 15 is 4.79 Å². The van der Waals surface area contributed by atoms with Crippen molar-refractivity contribution in [2.75, 3.05) is 23.9 Å². The third-order valence-electron chi connectivity index (χ3n) is 11.7. The van der Waals surface area contributed by atoms with Crippen LogP contribution in [0.5, 0.6) is 5.75 Å². The Morgan fingerprint density at radius 2 is 1.80 bits per heavy atom. The van der Waals surface area contributed by atoms with Gasteiger partial charge in [-0.15, -0.1) is 5.10 Å². The third kappa shape index (κ3) is 7.34. The Kier molecular flexibility index (Phi) is 11.3. The fraction of sp³-hybridized carbons (Fsp3) is 0.349. The van der Waals surface area contributed by atoms with Gasteiger partial charge in [0.05, 0.1) is 51.7 Å². The number of carbonyl (C=O) groups excluding carboxylic acids is 2. The molecule has 0 radical (unpaired) electrons. The van der Waals surface area contributed by atoms with Crippen LogP contribution in [0.15, 0.2) is 108 Å². The van der Waals surface area contributed by atoms with Gasteiger partial charge in [-0.25, -0.2) is 0 Å². The van der Waals surface area contributed by atoms with Crippen LogP contribution in [0.4, 0.5) is 11.4 Å². The zero-order valence-corrected chi connectivity index (χ0v) is 34.8. The summed E-state index contributed by atoms with van der Waals surface area (Å²) in [6.45, 7) is 8.97. The van der Waals surface area contributed by atoms with Crippen molar-refractivity contribution in [3.63, 3.8) is 0 Å². The zero-order chi connectivity index (χ0) is 39.8. The minimum Gasteiger partial charge on any atom is -0.497 e. The molecular weight excluding hydrogens is 790 g/mol. The lowest BCUT2D eigenvalue weighted by molar-refractivity contribution is -0.146. The molecule has 0 bridgehead atoms. The predicted molar refractivity (Wildman–Crippen MR) is 222 cm³/mol. The van der Waals surface area contributed by atoms with Crippen molar-refractivity contribution >= 4 is 52.4 Å². The standard InChI is InChI=1S/C43H48BrN5O6Si/c1-27-40(56(4,5)34-17-15-33(54-3)16-18-34)39(20-21-48-25-37(46-47-48)35(26-50)30-11-7-6-8-12-30)55-43(27)36-23-31(44)14-19-38(36)49(42(43)53)24-29-10-9-13-32(22-29)45-41(52)28(2)51/h6-19,22-23,25,27-28,35,39-40,50-51H,20-21,24,26H2,1-5H3,(H,45,52)/t27-,28-,35?,39+,40-,43+/m0/s1. The van der Waals surface area contributed by atoms with Crippen LogP contribution >= 0.6 is 15.9 Å². The minimum absolute atomic E-state index is 0.0168. The lowest BCUT2D eigenvalue weighted by atomic mass is 9.82. The number of anilines is 2. The molecule has 0 saturated carbocycles. The second kappa shape index (κ2) is 16.1. The molecule has 13 heteroatoms. The molecule has 2 aliphatic heterocycles. The molecule has 3 heterocycles. The Bertz CT molecular complexity index is 2200. The number of rotatable bonds is 13. The Labute approximate surface area is 336 Å². The molecule has 6 atom stereocenters. The van der Waals surface area contributed by atoms with Crippen molar-refractivity contribution in [2.45, 2.75) is 75.7 Å². The number of amides is 2. The maximum atomic E-state index is 15.3. The van der Waals surface area contributed by atoms with E-state index < -0.39 is 25.7 Å². The molecule has 3 N–H and O–H groups in total. The lowest BCUT2D eigenvalue weighted by Crippen LogP contribution is -2.51. The molecule has 1 fully saturated rings. The second-order valence-corrected chi connectivity index (χ2v) is 21.0. The number of ether oxygens (including phenoxy) is 2. The van der Waals surface area contributed by atoms with Gasteiger partial charge in [0.25, 0.3) is 11.8 Å². The van der Waals surface area contributed by atoms with Gasteiger partial charge in [-0.3, -0.25) is 14.3 Å². The van der Waals surface area contributed by atoms with Crippen molar-refractivity contribution in [2.24, 2.45) is 5.92 Å². The maximum absolute atomic E-state index is 15.3. The SMILES string of the molecule is COc1ccc([Si](C)(C)[C@@H]2[C@@H](CCn3cc(C(CO)c4ccccc4)nn3)O[C@]3(C(=O)N(Cc4cccc(NC(=O)[C@H](C)O)c4)c4ccc(Br)cc43)[C@H]2C)cc1. The van der Waals surface area contributed by atoms with Crippen molar-refractivity contribution in [3.8, 4) is 5.75 Å². The van der Waals surface area contributed by atoms with Gasteiger partial charge in [-0.2, -0.15) is 0 Å². The Morgan fingerprint density at radius 1 is 1.05 bits per heavy atom. The van der Waals surface area contributed by atoms with Crippen LogP contribution in [-0.4, -0.2) is 71.0 Å². The number of fused-ring (bicyclic) bond motifs is 2. The summed E-state index contributed by atoms with van der Waals surface area (Å²) in [5, 5.41) is 33.0. The summed E-state index contributed by atoms with van der Waals surface area (Å²) in [6.07, 6.45) is 1.02. The highest BCUT2D eigenvalue weighted by Gasteiger charge is 2.66. The quantitative estimate of drug-likeness (QED) is 0.117. The summed E-state index contributed by atoms with van der Waals surface area (Å²) in [5.74, 6) is -0.343. The number of nitrogens with zero attached hydrogens (tertiary/aromatic N) is 4. The van der Waals surface area contributed by atoms with Gasteiger partial charge < -0.3 is 29.9 Å².